The van der Waals surface area contributed by atoms with Gasteiger partial charge in [0.25, 0.3) is 0 Å². The second-order valence-electron chi connectivity index (χ2n) is 8.59. The summed E-state index contributed by atoms with van der Waals surface area (Å²) >= 11 is 1.42. The van der Waals surface area contributed by atoms with Crippen molar-refractivity contribution in [1.82, 2.24) is 19.3 Å². The van der Waals surface area contributed by atoms with E-state index in [2.05, 4.69) is 47.7 Å². The molecule has 35 heavy (non-hydrogen) atoms. The Morgan fingerprint density at radius 2 is 1.77 bits per heavy atom. The second-order valence-corrected chi connectivity index (χ2v) is 9.53. The van der Waals surface area contributed by atoms with Crippen molar-refractivity contribution in [2.75, 3.05) is 12.4 Å². The van der Waals surface area contributed by atoms with Gasteiger partial charge in [0.2, 0.25) is 0 Å². The van der Waals surface area contributed by atoms with E-state index in [0.717, 1.165) is 58.3 Å². The molecular weight excluding hydrogens is 456 g/mol. The molecule has 0 radical (unpaired) electrons. The standard InChI is InChI=1S/C28H32N4O2S/c1-6-15-31-20(4)17-25(21(31)5)26(33)18-35-28-30-29-27(22-10-8-9-19(3)16-22)32(28)23-11-13-24(14-12-23)34-7-2/h8-14,16-17H,6-7,15,18H2,1-5H3. The van der Waals surface area contributed by atoms with Crippen LogP contribution in [0, 0.1) is 20.8 Å². The summed E-state index contributed by atoms with van der Waals surface area (Å²) in [6, 6.07) is 18.1. The third-order valence-electron chi connectivity index (χ3n) is 5.97. The zero-order valence-corrected chi connectivity index (χ0v) is 21.9. The van der Waals surface area contributed by atoms with E-state index in [1.54, 1.807) is 0 Å². The van der Waals surface area contributed by atoms with E-state index in [4.69, 9.17) is 4.74 Å². The molecule has 0 saturated heterocycles. The summed E-state index contributed by atoms with van der Waals surface area (Å²) in [6.45, 7) is 11.8. The fourth-order valence-electron chi connectivity index (χ4n) is 4.28. The Bertz CT molecular complexity index is 1320. The molecule has 2 heterocycles. The van der Waals surface area contributed by atoms with E-state index in [1.165, 1.54) is 11.8 Å². The van der Waals surface area contributed by atoms with Gasteiger partial charge in [-0.2, -0.15) is 0 Å². The first-order chi connectivity index (χ1) is 16.9. The van der Waals surface area contributed by atoms with Crippen molar-refractivity contribution >= 4 is 17.5 Å². The molecule has 0 saturated carbocycles. The number of thioether (sulfide) groups is 1. The highest BCUT2D eigenvalue weighted by Crippen LogP contribution is 2.30. The van der Waals surface area contributed by atoms with E-state index >= 15 is 0 Å². The molecule has 0 amide bonds. The maximum atomic E-state index is 13.2. The first kappa shape index (κ1) is 24.8. The number of Topliss-reactive ketones (excluding diaryl/α,β-unsaturated/α-hetero) is 1. The van der Waals surface area contributed by atoms with Gasteiger partial charge in [-0.05, 0) is 70.5 Å². The maximum Gasteiger partial charge on any atom is 0.196 e. The molecule has 0 aliphatic heterocycles. The van der Waals surface area contributed by atoms with Crippen LogP contribution in [0.15, 0.2) is 59.8 Å². The lowest BCUT2D eigenvalue weighted by atomic mass is 10.1. The van der Waals surface area contributed by atoms with Gasteiger partial charge in [-0.3, -0.25) is 9.36 Å². The van der Waals surface area contributed by atoms with Crippen molar-refractivity contribution in [3.63, 3.8) is 0 Å². The highest BCUT2D eigenvalue weighted by Gasteiger charge is 2.20. The third kappa shape index (κ3) is 5.35. The molecule has 6 nitrogen and oxygen atoms in total. The molecule has 7 heteroatoms. The molecular formula is C28H32N4O2S. The lowest BCUT2D eigenvalue weighted by molar-refractivity contribution is 0.102. The van der Waals surface area contributed by atoms with Crippen LogP contribution in [0.1, 0.15) is 47.6 Å². The Hall–Kier alpha value is -3.32. The topological polar surface area (TPSA) is 61.9 Å². The number of ketones is 1. The van der Waals surface area contributed by atoms with Crippen LogP contribution in [0.3, 0.4) is 0 Å². The van der Waals surface area contributed by atoms with Crippen LogP contribution in [0.4, 0.5) is 0 Å². The summed E-state index contributed by atoms with van der Waals surface area (Å²) in [6.07, 6.45) is 1.03. The molecule has 0 bridgehead atoms. The van der Waals surface area contributed by atoms with E-state index in [9.17, 15) is 4.79 Å². The first-order valence-electron chi connectivity index (χ1n) is 12.0. The van der Waals surface area contributed by atoms with Crippen LogP contribution in [-0.2, 0) is 6.54 Å². The number of hydrogen-bond donors (Lipinski definition) is 0. The quantitative estimate of drug-likeness (QED) is 0.190. The van der Waals surface area contributed by atoms with E-state index in [-0.39, 0.29) is 5.78 Å². The summed E-state index contributed by atoms with van der Waals surface area (Å²) < 4.78 is 9.85. The lowest BCUT2D eigenvalue weighted by Crippen LogP contribution is -2.07. The molecule has 0 N–H and O–H groups in total. The highest BCUT2D eigenvalue weighted by atomic mass is 32.2. The molecule has 0 aliphatic rings. The van der Waals surface area contributed by atoms with Crippen molar-refractivity contribution in [3.8, 4) is 22.8 Å². The maximum absolute atomic E-state index is 13.2. The Morgan fingerprint density at radius 1 is 1.00 bits per heavy atom. The highest BCUT2D eigenvalue weighted by molar-refractivity contribution is 7.99. The number of benzene rings is 2. The monoisotopic (exact) mass is 488 g/mol. The zero-order chi connectivity index (χ0) is 24.9. The smallest absolute Gasteiger partial charge is 0.196 e. The number of aryl methyl sites for hydroxylation is 2. The molecule has 4 aromatic rings. The van der Waals surface area contributed by atoms with Crippen molar-refractivity contribution in [2.45, 2.75) is 52.7 Å². The SMILES string of the molecule is CCCn1c(C)cc(C(=O)CSc2nnc(-c3cccc(C)c3)n2-c2ccc(OCC)cc2)c1C. The van der Waals surface area contributed by atoms with E-state index < -0.39 is 0 Å². The van der Waals surface area contributed by atoms with Gasteiger partial charge in [0.1, 0.15) is 5.75 Å². The van der Waals surface area contributed by atoms with Crippen LogP contribution in [-0.4, -0.2) is 37.5 Å². The van der Waals surface area contributed by atoms with Gasteiger partial charge in [0.15, 0.2) is 16.8 Å². The van der Waals surface area contributed by atoms with Gasteiger partial charge < -0.3 is 9.30 Å². The van der Waals surface area contributed by atoms with Gasteiger partial charge >= 0.3 is 0 Å². The second kappa shape index (κ2) is 11.0. The summed E-state index contributed by atoms with van der Waals surface area (Å²) in [5.74, 6) is 1.95. The Labute approximate surface area is 211 Å². The van der Waals surface area contributed by atoms with E-state index in [1.807, 2.05) is 60.9 Å². The van der Waals surface area contributed by atoms with Crippen LogP contribution in [0.5, 0.6) is 5.75 Å². The molecule has 182 valence electrons. The molecule has 0 unspecified atom stereocenters. The van der Waals surface area contributed by atoms with Gasteiger partial charge in [-0.1, -0.05) is 42.4 Å². The molecule has 0 fully saturated rings. The predicted octanol–water partition coefficient (Wildman–Crippen LogP) is 6.44. The minimum Gasteiger partial charge on any atom is -0.494 e. The van der Waals surface area contributed by atoms with Crippen LogP contribution in [0.2, 0.25) is 0 Å². The van der Waals surface area contributed by atoms with Gasteiger partial charge in [-0.25, -0.2) is 0 Å². The van der Waals surface area contributed by atoms with Crippen molar-refractivity contribution in [3.05, 3.63) is 77.1 Å². The average Bonchev–Trinajstić information content (AvgIpc) is 3.40. The van der Waals surface area contributed by atoms with Crippen LogP contribution in [0.25, 0.3) is 17.1 Å². The van der Waals surface area contributed by atoms with Gasteiger partial charge in [0.05, 0.1) is 12.4 Å². The first-order valence-corrected chi connectivity index (χ1v) is 13.0. The predicted molar refractivity (Wildman–Crippen MR) is 142 cm³/mol. The number of carbonyl (C=O) groups is 1. The normalized spacial score (nSPS) is 11.1. The van der Waals surface area contributed by atoms with Crippen molar-refractivity contribution < 1.29 is 9.53 Å². The third-order valence-corrected chi connectivity index (χ3v) is 6.90. The molecule has 4 rings (SSSR count). The van der Waals surface area contributed by atoms with Crippen LogP contribution < -0.4 is 4.74 Å². The van der Waals surface area contributed by atoms with Crippen LogP contribution >= 0.6 is 11.8 Å². The van der Waals surface area contributed by atoms with Crippen molar-refractivity contribution in [1.29, 1.82) is 0 Å². The average molecular weight is 489 g/mol. The fourth-order valence-corrected chi connectivity index (χ4v) is 5.12. The minimum atomic E-state index is 0.101. The summed E-state index contributed by atoms with van der Waals surface area (Å²) in [5.41, 5.74) is 5.99. The number of aromatic nitrogens is 4. The number of nitrogens with zero attached hydrogens (tertiary/aromatic N) is 4. The minimum absolute atomic E-state index is 0.101. The number of hydrogen-bond acceptors (Lipinski definition) is 5. The molecule has 0 aliphatic carbocycles. The zero-order valence-electron chi connectivity index (χ0n) is 21.0. The summed E-state index contributed by atoms with van der Waals surface area (Å²) in [7, 11) is 0. The Kier molecular flexibility index (Phi) is 7.76. The summed E-state index contributed by atoms with van der Waals surface area (Å²) in [4.78, 5) is 13.2. The Balaban J connectivity index is 1.66. The lowest BCUT2D eigenvalue weighted by Gasteiger charge is -2.12. The largest absolute Gasteiger partial charge is 0.494 e. The van der Waals surface area contributed by atoms with Gasteiger partial charge in [-0.15, -0.1) is 10.2 Å². The number of ether oxygens (including phenoxy) is 1. The molecule has 2 aromatic carbocycles. The molecule has 0 atom stereocenters. The van der Waals surface area contributed by atoms with Gasteiger partial charge in [0, 0.05) is 34.7 Å². The van der Waals surface area contributed by atoms with E-state index in [0.29, 0.717) is 17.5 Å². The van der Waals surface area contributed by atoms with Crippen molar-refractivity contribution in [2.24, 2.45) is 0 Å². The fraction of sp³-hybridized carbons (Fsp3) is 0.321. The Morgan fingerprint density at radius 3 is 2.46 bits per heavy atom. The number of rotatable bonds is 10. The molecule has 2 aromatic heterocycles. The number of carbonyl (C=O) groups excluding carboxylic acids is 1. The summed E-state index contributed by atoms with van der Waals surface area (Å²) in [5, 5.41) is 9.69. The molecule has 0 spiro atoms.